The van der Waals surface area contributed by atoms with Crippen molar-refractivity contribution in [2.45, 2.75) is 51.2 Å². The van der Waals surface area contributed by atoms with Crippen LogP contribution in [0.2, 0.25) is 0 Å². The summed E-state index contributed by atoms with van der Waals surface area (Å²) < 4.78 is 11.6. The van der Waals surface area contributed by atoms with Gasteiger partial charge < -0.3 is 19.6 Å². The Balaban J connectivity index is 1.55. The van der Waals surface area contributed by atoms with E-state index in [1.54, 1.807) is 13.2 Å². The van der Waals surface area contributed by atoms with Gasteiger partial charge in [0.1, 0.15) is 17.6 Å². The Kier molecular flexibility index (Phi) is 8.14. The first kappa shape index (κ1) is 26.2. The summed E-state index contributed by atoms with van der Waals surface area (Å²) >= 11 is 0. The van der Waals surface area contributed by atoms with E-state index in [1.807, 2.05) is 72.8 Å². The van der Waals surface area contributed by atoms with Crippen molar-refractivity contribution >= 4 is 5.91 Å². The number of ether oxygens (including phenoxy) is 1. The minimum absolute atomic E-state index is 0.0429. The van der Waals surface area contributed by atoms with E-state index in [4.69, 9.17) is 9.15 Å². The van der Waals surface area contributed by atoms with Gasteiger partial charge in [0.2, 0.25) is 0 Å². The van der Waals surface area contributed by atoms with Gasteiger partial charge in [-0.1, -0.05) is 93.6 Å². The number of aliphatic hydroxyl groups excluding tert-OH is 1. The summed E-state index contributed by atoms with van der Waals surface area (Å²) in [6.07, 6.45) is 0.594. The number of aliphatic hydroxyl groups is 1. The Labute approximate surface area is 219 Å². The lowest BCUT2D eigenvalue weighted by atomic mass is 9.81. The van der Waals surface area contributed by atoms with E-state index in [0.717, 1.165) is 28.9 Å². The molecule has 37 heavy (non-hydrogen) atoms. The quantitative estimate of drug-likeness (QED) is 0.254. The van der Waals surface area contributed by atoms with Crippen molar-refractivity contribution in [3.63, 3.8) is 0 Å². The Morgan fingerprint density at radius 2 is 1.59 bits per heavy atom. The molecule has 1 aromatic heterocycles. The predicted molar refractivity (Wildman–Crippen MR) is 146 cm³/mol. The zero-order chi connectivity index (χ0) is 26.4. The number of methoxy groups -OCH3 is 1. The molecular formula is C32H35NO4. The third-order valence-electron chi connectivity index (χ3n) is 7.10. The molecule has 4 aromatic rings. The molecule has 1 amide bonds. The van der Waals surface area contributed by atoms with Crippen LogP contribution >= 0.6 is 0 Å². The average molecular weight is 498 g/mol. The maximum absolute atomic E-state index is 13.2. The van der Waals surface area contributed by atoms with Crippen molar-refractivity contribution in [2.75, 3.05) is 7.11 Å². The molecule has 3 aromatic carbocycles. The summed E-state index contributed by atoms with van der Waals surface area (Å²) in [4.78, 5) is 13.2. The molecule has 0 saturated carbocycles. The lowest BCUT2D eigenvalue weighted by molar-refractivity contribution is 0.0804. The zero-order valence-corrected chi connectivity index (χ0v) is 21.9. The van der Waals surface area contributed by atoms with Crippen LogP contribution in [0.1, 0.15) is 77.9 Å². The van der Waals surface area contributed by atoms with E-state index < -0.39 is 12.1 Å². The van der Waals surface area contributed by atoms with Crippen LogP contribution < -0.4 is 10.1 Å². The number of hydrogen-bond acceptors (Lipinski definition) is 4. The molecule has 5 nitrogen and oxygen atoms in total. The third-order valence-corrected chi connectivity index (χ3v) is 7.10. The number of nitrogens with one attached hydrogen (secondary N) is 1. The molecule has 2 N–H and O–H groups in total. The highest BCUT2D eigenvalue weighted by Crippen LogP contribution is 2.33. The highest BCUT2D eigenvalue weighted by atomic mass is 16.5. The molecule has 0 radical (unpaired) electrons. The number of hydrogen-bond donors (Lipinski definition) is 2. The molecule has 0 saturated heterocycles. The first-order valence-corrected chi connectivity index (χ1v) is 12.7. The minimum Gasteiger partial charge on any atom is -0.496 e. The SMILES string of the molecule is CCC(C)(C)c1ccc(OC)c(Cc2ccc(C(=O)N[C@H](c3ccccc3)[C@@H](O)c3ccccc3)o2)c1. The molecule has 1 heterocycles. The van der Waals surface area contributed by atoms with E-state index >= 15 is 0 Å². The zero-order valence-electron chi connectivity index (χ0n) is 21.9. The van der Waals surface area contributed by atoms with E-state index in [2.05, 4.69) is 38.2 Å². The Morgan fingerprint density at radius 1 is 0.946 bits per heavy atom. The van der Waals surface area contributed by atoms with E-state index in [0.29, 0.717) is 12.2 Å². The van der Waals surface area contributed by atoms with E-state index in [-0.39, 0.29) is 17.1 Å². The normalized spacial score (nSPS) is 13.1. The fourth-order valence-corrected chi connectivity index (χ4v) is 4.38. The van der Waals surface area contributed by atoms with Crippen molar-refractivity contribution in [1.82, 2.24) is 5.32 Å². The largest absolute Gasteiger partial charge is 0.496 e. The smallest absolute Gasteiger partial charge is 0.287 e. The lowest BCUT2D eigenvalue weighted by Crippen LogP contribution is -2.32. The van der Waals surface area contributed by atoms with Crippen LogP contribution in [-0.2, 0) is 11.8 Å². The molecule has 0 bridgehead atoms. The van der Waals surface area contributed by atoms with E-state index in [9.17, 15) is 9.90 Å². The van der Waals surface area contributed by atoms with Gasteiger partial charge in [-0.2, -0.15) is 0 Å². The Bertz CT molecular complexity index is 1310. The van der Waals surface area contributed by atoms with Crippen LogP contribution in [0, 0.1) is 0 Å². The molecule has 2 atom stereocenters. The maximum atomic E-state index is 13.2. The second-order valence-corrected chi connectivity index (χ2v) is 9.92. The highest BCUT2D eigenvalue weighted by Gasteiger charge is 2.26. The van der Waals surface area contributed by atoms with Gasteiger partial charge in [-0.25, -0.2) is 0 Å². The van der Waals surface area contributed by atoms with Gasteiger partial charge in [0.15, 0.2) is 5.76 Å². The van der Waals surface area contributed by atoms with Gasteiger partial charge in [0.05, 0.1) is 13.2 Å². The van der Waals surface area contributed by atoms with Crippen LogP contribution in [0.4, 0.5) is 0 Å². The molecule has 0 spiro atoms. The molecule has 0 aliphatic heterocycles. The van der Waals surface area contributed by atoms with Gasteiger partial charge in [0, 0.05) is 12.0 Å². The standard InChI is InChI=1S/C32H35NO4/c1-5-32(2,3)25-16-18-27(36-4)24(20-25)21-26-17-19-28(37-26)31(35)33-29(22-12-8-6-9-13-22)30(34)23-14-10-7-11-15-23/h6-20,29-30,34H,5,21H2,1-4H3,(H,33,35)/t29-,30+/m1/s1. The minimum atomic E-state index is -0.920. The van der Waals surface area contributed by atoms with Gasteiger partial charge in [-0.05, 0) is 46.7 Å². The first-order valence-electron chi connectivity index (χ1n) is 12.7. The number of carbonyl (C=O) groups excluding carboxylic acids is 1. The summed E-state index contributed by atoms with van der Waals surface area (Å²) in [5, 5.41) is 14.1. The molecule has 0 fully saturated rings. The summed E-state index contributed by atoms with van der Waals surface area (Å²) in [5.74, 6) is 1.26. The summed E-state index contributed by atoms with van der Waals surface area (Å²) in [5.41, 5.74) is 3.81. The summed E-state index contributed by atoms with van der Waals surface area (Å²) in [6, 6.07) is 27.9. The van der Waals surface area contributed by atoms with Crippen LogP contribution in [0.5, 0.6) is 5.75 Å². The van der Waals surface area contributed by atoms with Crippen LogP contribution in [-0.4, -0.2) is 18.1 Å². The monoisotopic (exact) mass is 497 g/mol. The van der Waals surface area contributed by atoms with Crippen molar-refractivity contribution in [3.05, 3.63) is 125 Å². The Hall–Kier alpha value is -3.83. The molecule has 0 aliphatic rings. The molecule has 192 valence electrons. The van der Waals surface area contributed by atoms with Crippen molar-refractivity contribution < 1.29 is 19.1 Å². The van der Waals surface area contributed by atoms with Crippen LogP contribution in [0.15, 0.2) is 95.4 Å². The van der Waals surface area contributed by atoms with Gasteiger partial charge >= 0.3 is 0 Å². The van der Waals surface area contributed by atoms with Gasteiger partial charge in [-0.3, -0.25) is 4.79 Å². The number of amides is 1. The number of rotatable bonds is 10. The average Bonchev–Trinajstić information content (AvgIpc) is 3.41. The first-order chi connectivity index (χ1) is 17.8. The molecule has 0 unspecified atom stereocenters. The van der Waals surface area contributed by atoms with Crippen LogP contribution in [0.25, 0.3) is 0 Å². The number of benzene rings is 3. The van der Waals surface area contributed by atoms with Crippen LogP contribution in [0.3, 0.4) is 0 Å². The van der Waals surface area contributed by atoms with Crippen molar-refractivity contribution in [3.8, 4) is 5.75 Å². The topological polar surface area (TPSA) is 71.7 Å². The lowest BCUT2D eigenvalue weighted by Gasteiger charge is -2.25. The second kappa shape index (κ2) is 11.5. The third kappa shape index (κ3) is 6.12. The van der Waals surface area contributed by atoms with Crippen molar-refractivity contribution in [2.24, 2.45) is 0 Å². The van der Waals surface area contributed by atoms with Gasteiger partial charge in [0.25, 0.3) is 5.91 Å². The maximum Gasteiger partial charge on any atom is 0.287 e. The molecule has 4 rings (SSSR count). The summed E-state index contributed by atoms with van der Waals surface area (Å²) in [6.45, 7) is 6.63. The van der Waals surface area contributed by atoms with Gasteiger partial charge in [-0.15, -0.1) is 0 Å². The Morgan fingerprint density at radius 3 is 2.22 bits per heavy atom. The van der Waals surface area contributed by atoms with E-state index in [1.165, 1.54) is 5.56 Å². The molecule has 5 heteroatoms. The van der Waals surface area contributed by atoms with Crippen molar-refractivity contribution in [1.29, 1.82) is 0 Å². The predicted octanol–water partition coefficient (Wildman–Crippen LogP) is 6.77. The number of carbonyl (C=O) groups is 1. The fourth-order valence-electron chi connectivity index (χ4n) is 4.38. The highest BCUT2D eigenvalue weighted by molar-refractivity contribution is 5.91. The molecular weight excluding hydrogens is 462 g/mol. The summed E-state index contributed by atoms with van der Waals surface area (Å²) in [7, 11) is 1.66. The fraction of sp³-hybridized carbons (Fsp3) is 0.281. The second-order valence-electron chi connectivity index (χ2n) is 9.92. The number of furan rings is 1. The molecule has 0 aliphatic carbocycles.